The van der Waals surface area contributed by atoms with E-state index >= 15 is 0 Å². The van der Waals surface area contributed by atoms with Crippen molar-refractivity contribution < 1.29 is 27.8 Å². The number of halogens is 2. The van der Waals surface area contributed by atoms with Gasteiger partial charge in [-0.3, -0.25) is 14.5 Å². The van der Waals surface area contributed by atoms with Gasteiger partial charge in [-0.1, -0.05) is 19.9 Å². The van der Waals surface area contributed by atoms with Gasteiger partial charge in [0.1, 0.15) is 12.3 Å². The molecule has 0 aromatic carbocycles. The lowest BCUT2D eigenvalue weighted by atomic mass is 9.98. The maximum Gasteiger partial charge on any atom is 0.281 e. The van der Waals surface area contributed by atoms with Gasteiger partial charge in [-0.15, -0.1) is 0 Å². The number of ether oxygens (including phenoxy) is 2. The molecule has 6 rings (SSSR count). The van der Waals surface area contributed by atoms with E-state index < -0.39 is 12.1 Å². The number of piperidine rings is 1. The molecule has 2 aromatic heterocycles. The lowest BCUT2D eigenvalue weighted by molar-refractivity contribution is -0.137. The number of carbonyl (C=O) groups is 2. The molecule has 0 atom stereocenters. The van der Waals surface area contributed by atoms with Crippen LogP contribution < -0.4 is 15.5 Å². The number of nitrogens with two attached hydrogens (primary N) is 1. The molecule has 280 valence electrons. The highest BCUT2D eigenvalue weighted by Gasteiger charge is 2.28. The van der Waals surface area contributed by atoms with Crippen LogP contribution in [0.25, 0.3) is 11.4 Å². The van der Waals surface area contributed by atoms with Crippen molar-refractivity contribution in [3.8, 4) is 11.4 Å². The molecular weight excluding hydrogens is 664 g/mol. The van der Waals surface area contributed by atoms with Crippen molar-refractivity contribution in [2.45, 2.75) is 46.0 Å². The van der Waals surface area contributed by atoms with Crippen LogP contribution in [0.5, 0.6) is 0 Å². The Morgan fingerprint density at radius 2 is 1.55 bits per heavy atom. The number of aromatic nitrogens is 5. The number of anilines is 3. The van der Waals surface area contributed by atoms with Crippen LogP contribution in [0.1, 0.15) is 51.7 Å². The molecule has 0 saturated carbocycles. The van der Waals surface area contributed by atoms with Gasteiger partial charge in [0, 0.05) is 71.2 Å². The van der Waals surface area contributed by atoms with E-state index in [0.717, 1.165) is 32.5 Å². The van der Waals surface area contributed by atoms with Gasteiger partial charge in [-0.25, -0.2) is 18.7 Å². The average Bonchev–Trinajstić information content (AvgIpc) is 3.69. The molecule has 4 fully saturated rings. The Balaban J connectivity index is 0.00000248. The van der Waals surface area contributed by atoms with Crippen LogP contribution in [-0.2, 0) is 19.1 Å². The van der Waals surface area contributed by atoms with E-state index in [2.05, 4.69) is 29.8 Å². The zero-order valence-electron chi connectivity index (χ0n) is 29.8. The Labute approximate surface area is 298 Å². The molecule has 0 spiro atoms. The second-order valence-electron chi connectivity index (χ2n) is 12.7. The third kappa shape index (κ3) is 10.5. The summed E-state index contributed by atoms with van der Waals surface area (Å²) in [5.74, 6) is 0.697. The Bertz CT molecular complexity index is 1460. The highest BCUT2D eigenvalue weighted by atomic mass is 19.3. The number of alkyl halides is 2. The first-order chi connectivity index (χ1) is 24.8. The Morgan fingerprint density at radius 1 is 0.902 bits per heavy atom. The highest BCUT2D eigenvalue weighted by molar-refractivity contribution is 5.87. The summed E-state index contributed by atoms with van der Waals surface area (Å²) in [5, 5.41) is 0. The average molecular weight is 716 g/mol. The largest absolute Gasteiger partial charge is 0.378 e. The van der Waals surface area contributed by atoms with Gasteiger partial charge in [0.15, 0.2) is 5.82 Å². The van der Waals surface area contributed by atoms with Gasteiger partial charge in [0.2, 0.25) is 29.7 Å². The van der Waals surface area contributed by atoms with E-state index in [0.29, 0.717) is 90.0 Å². The molecule has 0 aliphatic carbocycles. The number of morpholine rings is 1. The van der Waals surface area contributed by atoms with Gasteiger partial charge in [-0.05, 0) is 44.7 Å². The van der Waals surface area contributed by atoms with E-state index in [-0.39, 0.29) is 35.8 Å². The standard InChI is InChI=1S/C32H45F2N11O4.C2H6/c33-28(34)27-24(20-36-30(35)37-27)29-38-31(40-32(39-29)45-16-18-48-19-17-45)44-14-12-43(13-15-44)26(47)22-49-21-23-5-10-42(11-6-23)25(46)4-3-9-41-7-1-2-8-41;1-2/h3-4,20,23,28H,1-2,5-19,21-22H2,(H2,35,36,37);1-2H3/b4-3+;. The van der Waals surface area contributed by atoms with Crippen molar-refractivity contribution in [3.05, 3.63) is 24.0 Å². The molecule has 2 amide bonds. The van der Waals surface area contributed by atoms with E-state index in [1.54, 1.807) is 11.0 Å². The molecule has 0 bridgehead atoms. The summed E-state index contributed by atoms with van der Waals surface area (Å²) in [5.41, 5.74) is 5.02. The van der Waals surface area contributed by atoms with Gasteiger partial charge in [0.05, 0.1) is 25.4 Å². The molecule has 0 radical (unpaired) electrons. The van der Waals surface area contributed by atoms with Crippen LogP contribution in [-0.4, -0.2) is 150 Å². The summed E-state index contributed by atoms with van der Waals surface area (Å²) in [6.07, 6.45) is 6.14. The van der Waals surface area contributed by atoms with Crippen molar-refractivity contribution in [3.63, 3.8) is 0 Å². The third-order valence-electron chi connectivity index (χ3n) is 9.43. The summed E-state index contributed by atoms with van der Waals surface area (Å²) in [7, 11) is 0. The van der Waals surface area contributed by atoms with Crippen molar-refractivity contribution in [2.75, 3.05) is 114 Å². The van der Waals surface area contributed by atoms with E-state index in [1.165, 1.54) is 19.0 Å². The minimum Gasteiger partial charge on any atom is -0.378 e. The number of hydrogen-bond donors (Lipinski definition) is 1. The van der Waals surface area contributed by atoms with Crippen LogP contribution in [0, 0.1) is 5.92 Å². The quantitative estimate of drug-likeness (QED) is 0.338. The molecule has 4 aliphatic heterocycles. The van der Waals surface area contributed by atoms with Crippen molar-refractivity contribution in [1.29, 1.82) is 0 Å². The van der Waals surface area contributed by atoms with Crippen LogP contribution in [0.2, 0.25) is 0 Å². The third-order valence-corrected chi connectivity index (χ3v) is 9.43. The van der Waals surface area contributed by atoms with Gasteiger partial charge in [0.25, 0.3) is 6.43 Å². The molecule has 0 unspecified atom stereocenters. The zero-order chi connectivity index (χ0) is 36.2. The van der Waals surface area contributed by atoms with E-state index in [1.807, 2.05) is 34.6 Å². The Hall–Kier alpha value is -4.09. The van der Waals surface area contributed by atoms with Gasteiger partial charge >= 0.3 is 0 Å². The van der Waals surface area contributed by atoms with Crippen molar-refractivity contribution >= 4 is 29.7 Å². The van der Waals surface area contributed by atoms with E-state index in [4.69, 9.17) is 15.2 Å². The second-order valence-corrected chi connectivity index (χ2v) is 12.7. The highest BCUT2D eigenvalue weighted by Crippen LogP contribution is 2.30. The summed E-state index contributed by atoms with van der Waals surface area (Å²) >= 11 is 0. The summed E-state index contributed by atoms with van der Waals surface area (Å²) in [6, 6.07) is 0. The number of piperazine rings is 1. The van der Waals surface area contributed by atoms with Crippen molar-refractivity contribution in [1.82, 2.24) is 39.6 Å². The molecular formula is C34H51F2N11O4. The predicted molar refractivity (Wildman–Crippen MR) is 188 cm³/mol. The smallest absolute Gasteiger partial charge is 0.281 e. The number of rotatable bonds is 11. The second kappa shape index (κ2) is 18.9. The molecule has 4 aliphatic rings. The molecule has 15 nitrogen and oxygen atoms in total. The predicted octanol–water partition coefficient (Wildman–Crippen LogP) is 2.27. The molecule has 2 aromatic rings. The minimum absolute atomic E-state index is 0.0109. The maximum atomic E-state index is 13.9. The molecule has 6 heterocycles. The number of hydrogen-bond acceptors (Lipinski definition) is 13. The maximum absolute atomic E-state index is 13.9. The topological polar surface area (TPSA) is 159 Å². The number of likely N-dealkylation sites (tertiary alicyclic amines) is 2. The number of nitrogens with zero attached hydrogens (tertiary/aromatic N) is 10. The summed E-state index contributed by atoms with van der Waals surface area (Å²) in [6.45, 7) is 12.7. The summed E-state index contributed by atoms with van der Waals surface area (Å²) < 4.78 is 39.1. The monoisotopic (exact) mass is 715 g/mol. The van der Waals surface area contributed by atoms with Gasteiger partial charge < -0.3 is 34.8 Å². The number of nitrogen functional groups attached to an aromatic ring is 1. The molecule has 51 heavy (non-hydrogen) atoms. The van der Waals surface area contributed by atoms with Gasteiger partial charge in [-0.2, -0.15) is 15.0 Å². The fourth-order valence-corrected chi connectivity index (χ4v) is 6.52. The Kier molecular flexibility index (Phi) is 14.2. The molecule has 4 saturated heterocycles. The fraction of sp³-hybridized carbons (Fsp3) is 0.676. The lowest BCUT2D eigenvalue weighted by Gasteiger charge is -2.35. The SMILES string of the molecule is CC.Nc1ncc(-c2nc(N3CCOCC3)nc(N3CCN(C(=O)COCC4CCN(C(=O)/C=C/CN5CCCC5)CC4)CC3)n2)c(C(F)F)n1. The zero-order valence-corrected chi connectivity index (χ0v) is 29.8. The Morgan fingerprint density at radius 3 is 2.20 bits per heavy atom. The van der Waals surface area contributed by atoms with Crippen LogP contribution in [0.4, 0.5) is 26.6 Å². The molecule has 2 N–H and O–H groups in total. The van der Waals surface area contributed by atoms with E-state index in [9.17, 15) is 18.4 Å². The number of carbonyl (C=O) groups excluding carboxylic acids is 2. The normalized spacial score (nSPS) is 19.2. The first-order valence-electron chi connectivity index (χ1n) is 18.1. The first-order valence-corrected chi connectivity index (χ1v) is 18.1. The number of amides is 2. The fourth-order valence-electron chi connectivity index (χ4n) is 6.52. The van der Waals surface area contributed by atoms with Crippen LogP contribution >= 0.6 is 0 Å². The minimum atomic E-state index is -2.90. The first kappa shape index (κ1) is 38.1. The lowest BCUT2D eigenvalue weighted by Crippen LogP contribution is -2.50. The van der Waals surface area contributed by atoms with Crippen LogP contribution in [0.15, 0.2) is 18.3 Å². The van der Waals surface area contributed by atoms with Crippen LogP contribution in [0.3, 0.4) is 0 Å². The molecule has 17 heteroatoms. The summed E-state index contributed by atoms with van der Waals surface area (Å²) in [4.78, 5) is 56.8. The van der Waals surface area contributed by atoms with Crippen molar-refractivity contribution in [2.24, 2.45) is 5.92 Å².